The number of hydrogen-bond acceptors (Lipinski definition) is 3. The van der Waals surface area contributed by atoms with Crippen LogP contribution in [0.25, 0.3) is 0 Å². The summed E-state index contributed by atoms with van der Waals surface area (Å²) in [5, 5.41) is 14.0. The van der Waals surface area contributed by atoms with E-state index in [-0.39, 0.29) is 0 Å². The van der Waals surface area contributed by atoms with Gasteiger partial charge < -0.3 is 15.2 Å². The molecule has 0 radical (unpaired) electrons. The van der Waals surface area contributed by atoms with Gasteiger partial charge in [-0.05, 0) is 32.3 Å². The van der Waals surface area contributed by atoms with E-state index in [9.17, 15) is 5.11 Å². The number of para-hydroxylation sites is 1. The second kappa shape index (κ2) is 5.72. The van der Waals surface area contributed by atoms with Gasteiger partial charge in [0.15, 0.2) is 0 Å². The topological polar surface area (TPSA) is 41.5 Å². The van der Waals surface area contributed by atoms with Gasteiger partial charge in [0.25, 0.3) is 0 Å². The fourth-order valence-corrected chi connectivity index (χ4v) is 1.98. The van der Waals surface area contributed by atoms with Gasteiger partial charge in [-0.3, -0.25) is 0 Å². The Morgan fingerprint density at radius 2 is 2.11 bits per heavy atom. The average molecular weight is 249 g/mol. The minimum atomic E-state index is -0.882. The van der Waals surface area contributed by atoms with Crippen molar-refractivity contribution in [3.8, 4) is 5.75 Å². The Bertz CT molecular complexity index is 386. The molecular formula is C15H23NO2. The normalized spacial score (nSPS) is 18.4. The van der Waals surface area contributed by atoms with Crippen LogP contribution in [0.1, 0.15) is 38.7 Å². The van der Waals surface area contributed by atoms with E-state index in [1.54, 1.807) is 0 Å². The predicted molar refractivity (Wildman–Crippen MR) is 72.8 cm³/mol. The zero-order chi connectivity index (χ0) is 13.0. The fraction of sp³-hybridized carbons (Fsp3) is 0.600. The van der Waals surface area contributed by atoms with E-state index in [1.165, 1.54) is 12.8 Å². The summed E-state index contributed by atoms with van der Waals surface area (Å²) >= 11 is 0. The van der Waals surface area contributed by atoms with Crippen LogP contribution in [0, 0.1) is 0 Å². The van der Waals surface area contributed by atoms with E-state index in [4.69, 9.17) is 4.74 Å². The molecule has 0 bridgehead atoms. The largest absolute Gasteiger partial charge is 0.493 e. The minimum Gasteiger partial charge on any atom is -0.493 e. The highest BCUT2D eigenvalue weighted by Gasteiger charge is 2.30. The van der Waals surface area contributed by atoms with Crippen LogP contribution in [0.2, 0.25) is 0 Å². The Hall–Kier alpha value is -1.06. The summed E-state index contributed by atoms with van der Waals surface area (Å²) < 4.78 is 5.71. The molecule has 1 aliphatic carbocycles. The van der Waals surface area contributed by atoms with Crippen molar-refractivity contribution in [2.75, 3.05) is 13.2 Å². The highest BCUT2D eigenvalue weighted by molar-refractivity contribution is 5.37. The van der Waals surface area contributed by atoms with Crippen molar-refractivity contribution in [2.24, 2.45) is 0 Å². The monoisotopic (exact) mass is 249 g/mol. The first kappa shape index (κ1) is 13.4. The summed E-state index contributed by atoms with van der Waals surface area (Å²) in [4.78, 5) is 0. The molecule has 0 aliphatic heterocycles. The van der Waals surface area contributed by atoms with Gasteiger partial charge in [0.2, 0.25) is 0 Å². The van der Waals surface area contributed by atoms with Crippen LogP contribution in [0.15, 0.2) is 24.3 Å². The van der Waals surface area contributed by atoms with E-state index >= 15 is 0 Å². The lowest BCUT2D eigenvalue weighted by Crippen LogP contribution is -2.36. The molecule has 2 rings (SSSR count). The molecule has 0 saturated heterocycles. The third-order valence-corrected chi connectivity index (χ3v) is 3.24. The lowest BCUT2D eigenvalue weighted by Gasteiger charge is -2.26. The quantitative estimate of drug-likeness (QED) is 0.780. The Morgan fingerprint density at radius 3 is 2.78 bits per heavy atom. The third kappa shape index (κ3) is 3.47. The second-order valence-electron chi connectivity index (χ2n) is 5.27. The van der Waals surface area contributed by atoms with Gasteiger partial charge in [0.05, 0.1) is 6.61 Å². The number of aliphatic hydroxyl groups is 1. The Morgan fingerprint density at radius 1 is 1.39 bits per heavy atom. The number of ether oxygens (including phenoxy) is 1. The van der Waals surface area contributed by atoms with E-state index in [0.717, 1.165) is 17.7 Å². The Balaban J connectivity index is 2.08. The van der Waals surface area contributed by atoms with Crippen LogP contribution in [0.3, 0.4) is 0 Å². The van der Waals surface area contributed by atoms with Crippen LogP contribution in [0.5, 0.6) is 5.75 Å². The first-order valence-corrected chi connectivity index (χ1v) is 6.81. The predicted octanol–water partition coefficient (Wildman–Crippen LogP) is 2.43. The van der Waals surface area contributed by atoms with Crippen molar-refractivity contribution in [1.29, 1.82) is 0 Å². The molecule has 1 aromatic carbocycles. The molecular weight excluding hydrogens is 226 g/mol. The molecule has 0 amide bonds. The van der Waals surface area contributed by atoms with Gasteiger partial charge in [-0.25, -0.2) is 0 Å². The maximum atomic E-state index is 10.6. The molecule has 3 heteroatoms. The summed E-state index contributed by atoms with van der Waals surface area (Å²) in [5.74, 6) is 0.793. The molecule has 1 saturated carbocycles. The van der Waals surface area contributed by atoms with Crippen LogP contribution >= 0.6 is 0 Å². The highest BCUT2D eigenvalue weighted by atomic mass is 16.5. The van der Waals surface area contributed by atoms with Gasteiger partial charge >= 0.3 is 0 Å². The first-order valence-electron chi connectivity index (χ1n) is 6.81. The zero-order valence-electron chi connectivity index (χ0n) is 11.3. The lowest BCUT2D eigenvalue weighted by molar-refractivity contribution is 0.0532. The molecule has 2 N–H and O–H groups in total. The number of nitrogens with one attached hydrogen (secondary N) is 1. The van der Waals surface area contributed by atoms with Crippen molar-refractivity contribution < 1.29 is 9.84 Å². The Labute approximate surface area is 109 Å². The Kier molecular flexibility index (Phi) is 4.25. The standard InChI is InChI=1S/C15H23NO2/c1-3-10-18-14-7-5-4-6-13(14)15(2,17)11-16-12-8-9-12/h4-7,12,16-17H,3,8-11H2,1-2H3. The number of hydrogen-bond donors (Lipinski definition) is 2. The maximum Gasteiger partial charge on any atom is 0.125 e. The van der Waals surface area contributed by atoms with Crippen molar-refractivity contribution in [2.45, 2.75) is 44.8 Å². The summed E-state index contributed by atoms with van der Waals surface area (Å²) in [5.41, 5.74) is -0.0148. The SMILES string of the molecule is CCCOc1ccccc1C(C)(O)CNC1CC1. The van der Waals surface area contributed by atoms with Crippen LogP contribution in [-0.4, -0.2) is 24.3 Å². The van der Waals surface area contributed by atoms with E-state index in [1.807, 2.05) is 31.2 Å². The van der Waals surface area contributed by atoms with Gasteiger partial charge in [-0.1, -0.05) is 25.1 Å². The van der Waals surface area contributed by atoms with Gasteiger partial charge in [-0.15, -0.1) is 0 Å². The molecule has 18 heavy (non-hydrogen) atoms. The van der Waals surface area contributed by atoms with Crippen LogP contribution in [-0.2, 0) is 5.60 Å². The smallest absolute Gasteiger partial charge is 0.125 e. The molecule has 3 nitrogen and oxygen atoms in total. The van der Waals surface area contributed by atoms with Gasteiger partial charge in [-0.2, -0.15) is 0 Å². The first-order chi connectivity index (χ1) is 8.63. The van der Waals surface area contributed by atoms with Gasteiger partial charge in [0, 0.05) is 18.2 Å². The molecule has 1 aliphatic rings. The molecule has 1 fully saturated rings. The molecule has 0 spiro atoms. The van der Waals surface area contributed by atoms with Crippen molar-refractivity contribution in [3.05, 3.63) is 29.8 Å². The number of benzene rings is 1. The summed E-state index contributed by atoms with van der Waals surface area (Å²) in [7, 11) is 0. The van der Waals surface area contributed by atoms with Crippen molar-refractivity contribution in [1.82, 2.24) is 5.32 Å². The maximum absolute atomic E-state index is 10.6. The van der Waals surface area contributed by atoms with Gasteiger partial charge in [0.1, 0.15) is 11.4 Å². The molecule has 1 unspecified atom stereocenters. The van der Waals surface area contributed by atoms with Crippen molar-refractivity contribution in [3.63, 3.8) is 0 Å². The summed E-state index contributed by atoms with van der Waals surface area (Å²) in [6.45, 7) is 5.18. The molecule has 1 atom stereocenters. The fourth-order valence-electron chi connectivity index (χ4n) is 1.98. The van der Waals surface area contributed by atoms with Crippen LogP contribution in [0.4, 0.5) is 0 Å². The average Bonchev–Trinajstić information content (AvgIpc) is 3.18. The van der Waals surface area contributed by atoms with Crippen molar-refractivity contribution >= 4 is 0 Å². The minimum absolute atomic E-state index is 0.574. The third-order valence-electron chi connectivity index (χ3n) is 3.24. The molecule has 1 aromatic rings. The van der Waals surface area contributed by atoms with E-state index in [0.29, 0.717) is 19.2 Å². The summed E-state index contributed by atoms with van der Waals surface area (Å²) in [6.07, 6.45) is 3.42. The number of rotatable bonds is 7. The highest BCUT2D eigenvalue weighted by Crippen LogP contribution is 2.30. The molecule has 100 valence electrons. The van der Waals surface area contributed by atoms with E-state index in [2.05, 4.69) is 12.2 Å². The summed E-state index contributed by atoms with van der Waals surface area (Å²) in [6, 6.07) is 8.36. The lowest BCUT2D eigenvalue weighted by atomic mass is 9.95. The molecule has 0 heterocycles. The second-order valence-corrected chi connectivity index (χ2v) is 5.27. The molecule has 0 aromatic heterocycles. The zero-order valence-corrected chi connectivity index (χ0v) is 11.3. The van der Waals surface area contributed by atoms with E-state index < -0.39 is 5.60 Å². The van der Waals surface area contributed by atoms with Crippen LogP contribution < -0.4 is 10.1 Å².